The minimum absolute atomic E-state index is 0.0723. The van der Waals surface area contributed by atoms with Crippen LogP contribution >= 0.6 is 0 Å². The Balaban J connectivity index is 2.35. The van der Waals surface area contributed by atoms with Crippen molar-refractivity contribution in [3.8, 4) is 0 Å². The highest BCUT2D eigenvalue weighted by Crippen LogP contribution is 2.04. The molecule has 0 atom stereocenters. The second-order valence-corrected chi connectivity index (χ2v) is 3.76. The van der Waals surface area contributed by atoms with Gasteiger partial charge in [0.2, 0.25) is 0 Å². The first kappa shape index (κ1) is 13.9. The van der Waals surface area contributed by atoms with Crippen molar-refractivity contribution in [1.29, 1.82) is 0 Å². The minimum atomic E-state index is 0.0723. The summed E-state index contributed by atoms with van der Waals surface area (Å²) < 4.78 is 5.24. The number of aromatic nitrogens is 1. The zero-order valence-corrected chi connectivity index (χ0v) is 10.3. The highest BCUT2D eigenvalue weighted by Gasteiger charge is 2.04. The van der Waals surface area contributed by atoms with Gasteiger partial charge in [-0.1, -0.05) is 13.0 Å². The zero-order valence-electron chi connectivity index (χ0n) is 10.3. The number of hydrogen-bond donors (Lipinski definition) is 2. The van der Waals surface area contributed by atoms with Gasteiger partial charge in [-0.15, -0.1) is 0 Å². The fourth-order valence-corrected chi connectivity index (χ4v) is 1.52. The van der Waals surface area contributed by atoms with Gasteiger partial charge >= 0.3 is 0 Å². The number of anilines is 1. The van der Waals surface area contributed by atoms with E-state index in [2.05, 4.69) is 16.8 Å². The SMILES string of the molecule is CCN(CCOCCO)Cc1cccc(N)n1. The third-order valence-corrected chi connectivity index (χ3v) is 2.45. The highest BCUT2D eigenvalue weighted by molar-refractivity contribution is 5.28. The van der Waals surface area contributed by atoms with Crippen LogP contribution in [-0.4, -0.2) is 47.9 Å². The number of nitrogen functional groups attached to an aromatic ring is 1. The maximum absolute atomic E-state index is 8.59. The van der Waals surface area contributed by atoms with Crippen molar-refractivity contribution >= 4 is 5.82 Å². The van der Waals surface area contributed by atoms with Crippen LogP contribution in [0.3, 0.4) is 0 Å². The average molecular weight is 239 g/mol. The summed E-state index contributed by atoms with van der Waals surface area (Å²) in [4.78, 5) is 6.48. The predicted molar refractivity (Wildman–Crippen MR) is 67.5 cm³/mol. The Labute approximate surface area is 102 Å². The number of rotatable bonds is 8. The lowest BCUT2D eigenvalue weighted by atomic mass is 10.3. The Bertz CT molecular complexity index is 320. The molecule has 1 aromatic heterocycles. The van der Waals surface area contributed by atoms with Gasteiger partial charge in [-0.2, -0.15) is 0 Å². The maximum atomic E-state index is 8.59. The lowest BCUT2D eigenvalue weighted by Gasteiger charge is -2.19. The van der Waals surface area contributed by atoms with E-state index in [9.17, 15) is 0 Å². The molecule has 0 saturated heterocycles. The van der Waals surface area contributed by atoms with Crippen molar-refractivity contribution in [2.45, 2.75) is 13.5 Å². The number of aliphatic hydroxyl groups excluding tert-OH is 1. The molecule has 0 saturated carbocycles. The average Bonchev–Trinajstić information content (AvgIpc) is 2.33. The van der Waals surface area contributed by atoms with E-state index in [1.807, 2.05) is 12.1 Å². The standard InChI is InChI=1S/C12H21N3O2/c1-2-15(6-8-17-9-7-16)10-11-4-3-5-12(13)14-11/h3-5,16H,2,6-10H2,1H3,(H2,13,14). The van der Waals surface area contributed by atoms with E-state index < -0.39 is 0 Å². The Morgan fingerprint density at radius 2 is 2.24 bits per heavy atom. The van der Waals surface area contributed by atoms with Crippen molar-refractivity contribution in [2.75, 3.05) is 38.6 Å². The van der Waals surface area contributed by atoms with Gasteiger partial charge in [-0.05, 0) is 18.7 Å². The van der Waals surface area contributed by atoms with Crippen LogP contribution < -0.4 is 5.73 Å². The molecule has 17 heavy (non-hydrogen) atoms. The van der Waals surface area contributed by atoms with Crippen LogP contribution in [0.1, 0.15) is 12.6 Å². The van der Waals surface area contributed by atoms with Crippen molar-refractivity contribution in [3.05, 3.63) is 23.9 Å². The normalized spacial score (nSPS) is 11.0. The second-order valence-electron chi connectivity index (χ2n) is 3.76. The summed E-state index contributed by atoms with van der Waals surface area (Å²) in [6.07, 6.45) is 0. The van der Waals surface area contributed by atoms with Gasteiger partial charge in [0.1, 0.15) is 5.82 Å². The third-order valence-electron chi connectivity index (χ3n) is 2.45. The lowest BCUT2D eigenvalue weighted by Crippen LogP contribution is -2.27. The molecular formula is C12H21N3O2. The molecule has 0 spiro atoms. The lowest BCUT2D eigenvalue weighted by molar-refractivity contribution is 0.0730. The van der Waals surface area contributed by atoms with E-state index in [-0.39, 0.29) is 6.61 Å². The van der Waals surface area contributed by atoms with Crippen LogP contribution in [0.4, 0.5) is 5.82 Å². The van der Waals surface area contributed by atoms with E-state index in [1.165, 1.54) is 0 Å². The molecule has 96 valence electrons. The van der Waals surface area contributed by atoms with E-state index in [1.54, 1.807) is 6.07 Å². The number of likely N-dealkylation sites (N-methyl/N-ethyl adjacent to an activating group) is 1. The van der Waals surface area contributed by atoms with Gasteiger partial charge in [0.15, 0.2) is 0 Å². The minimum Gasteiger partial charge on any atom is -0.394 e. The molecule has 0 aliphatic rings. The monoisotopic (exact) mass is 239 g/mol. The molecule has 0 radical (unpaired) electrons. The van der Waals surface area contributed by atoms with Crippen molar-refractivity contribution in [1.82, 2.24) is 9.88 Å². The van der Waals surface area contributed by atoms with Gasteiger partial charge in [0.25, 0.3) is 0 Å². The van der Waals surface area contributed by atoms with Crippen LogP contribution in [0, 0.1) is 0 Å². The van der Waals surface area contributed by atoms with E-state index in [0.29, 0.717) is 19.0 Å². The first-order chi connectivity index (χ1) is 8.26. The van der Waals surface area contributed by atoms with Gasteiger partial charge in [0, 0.05) is 13.1 Å². The topological polar surface area (TPSA) is 71.6 Å². The van der Waals surface area contributed by atoms with E-state index >= 15 is 0 Å². The number of aliphatic hydroxyl groups is 1. The molecule has 1 aromatic rings. The summed E-state index contributed by atoms with van der Waals surface area (Å²) in [6.45, 7) is 5.71. The van der Waals surface area contributed by atoms with Gasteiger partial charge in [-0.25, -0.2) is 4.98 Å². The number of nitrogens with zero attached hydrogens (tertiary/aromatic N) is 2. The summed E-state index contributed by atoms with van der Waals surface area (Å²) >= 11 is 0. The van der Waals surface area contributed by atoms with Crippen LogP contribution in [0.15, 0.2) is 18.2 Å². The van der Waals surface area contributed by atoms with Crippen molar-refractivity contribution < 1.29 is 9.84 Å². The molecule has 0 aromatic carbocycles. The Hall–Kier alpha value is -1.17. The van der Waals surface area contributed by atoms with Crippen molar-refractivity contribution in [3.63, 3.8) is 0 Å². The predicted octanol–water partition coefficient (Wildman–Crippen LogP) is 0.495. The highest BCUT2D eigenvalue weighted by atomic mass is 16.5. The number of nitrogens with two attached hydrogens (primary N) is 1. The second kappa shape index (κ2) is 8.00. The molecule has 0 unspecified atom stereocenters. The fraction of sp³-hybridized carbons (Fsp3) is 0.583. The summed E-state index contributed by atoms with van der Waals surface area (Å²) in [6, 6.07) is 5.66. The molecule has 1 rings (SSSR count). The van der Waals surface area contributed by atoms with Crippen LogP contribution in [-0.2, 0) is 11.3 Å². The molecule has 5 heteroatoms. The van der Waals surface area contributed by atoms with Crippen LogP contribution in [0.25, 0.3) is 0 Å². The summed E-state index contributed by atoms with van der Waals surface area (Å²) in [5.74, 6) is 0.551. The Morgan fingerprint density at radius 1 is 1.41 bits per heavy atom. The van der Waals surface area contributed by atoms with Gasteiger partial charge in [-0.3, -0.25) is 4.90 Å². The van der Waals surface area contributed by atoms with E-state index in [0.717, 1.165) is 25.3 Å². The number of ether oxygens (including phenoxy) is 1. The van der Waals surface area contributed by atoms with E-state index in [4.69, 9.17) is 15.6 Å². The van der Waals surface area contributed by atoms with Crippen molar-refractivity contribution in [2.24, 2.45) is 0 Å². The van der Waals surface area contributed by atoms with Crippen LogP contribution in [0.2, 0.25) is 0 Å². The first-order valence-electron chi connectivity index (χ1n) is 5.88. The molecule has 0 amide bonds. The fourth-order valence-electron chi connectivity index (χ4n) is 1.52. The Morgan fingerprint density at radius 3 is 2.88 bits per heavy atom. The molecule has 0 aliphatic carbocycles. The smallest absolute Gasteiger partial charge is 0.123 e. The zero-order chi connectivity index (χ0) is 12.5. The number of pyridine rings is 1. The molecule has 3 N–H and O–H groups in total. The summed E-state index contributed by atoms with van der Waals surface area (Å²) in [5, 5.41) is 8.59. The summed E-state index contributed by atoms with van der Waals surface area (Å²) in [5.41, 5.74) is 6.60. The molecular weight excluding hydrogens is 218 g/mol. The van der Waals surface area contributed by atoms with Crippen LogP contribution in [0.5, 0.6) is 0 Å². The largest absolute Gasteiger partial charge is 0.394 e. The van der Waals surface area contributed by atoms with Gasteiger partial charge < -0.3 is 15.6 Å². The number of hydrogen-bond acceptors (Lipinski definition) is 5. The quantitative estimate of drug-likeness (QED) is 0.646. The third kappa shape index (κ3) is 5.63. The molecule has 5 nitrogen and oxygen atoms in total. The Kier molecular flexibility index (Phi) is 6.54. The molecule has 1 heterocycles. The first-order valence-corrected chi connectivity index (χ1v) is 5.88. The summed E-state index contributed by atoms with van der Waals surface area (Å²) in [7, 11) is 0. The maximum Gasteiger partial charge on any atom is 0.123 e. The molecule has 0 fully saturated rings. The molecule has 0 aliphatic heterocycles. The molecule has 0 bridgehead atoms. The van der Waals surface area contributed by atoms with Gasteiger partial charge in [0.05, 0.1) is 25.5 Å².